The molecule has 3 heterocycles. The van der Waals surface area contributed by atoms with Gasteiger partial charge in [-0.3, -0.25) is 4.79 Å². The molecular weight excluding hydrogens is 466 g/mol. The Morgan fingerprint density at radius 2 is 2.15 bits per heavy atom. The van der Waals surface area contributed by atoms with Gasteiger partial charge in [0.2, 0.25) is 5.95 Å². The molecule has 8 N–H and O–H groups in total. The van der Waals surface area contributed by atoms with Gasteiger partial charge in [0.15, 0.2) is 10.8 Å². The molecule has 3 aromatic rings. The first kappa shape index (κ1) is 24.4. The fraction of sp³-hybridized carbons (Fsp3) is 0.263. The van der Waals surface area contributed by atoms with Crippen molar-refractivity contribution in [2.75, 3.05) is 24.2 Å². The minimum Gasteiger partial charge on any atom is -0.487 e. The van der Waals surface area contributed by atoms with Crippen LogP contribution in [0, 0.1) is 0 Å². The maximum absolute atomic E-state index is 11.6. The van der Waals surface area contributed by atoms with Crippen LogP contribution in [-0.4, -0.2) is 61.5 Å². The Kier molecular flexibility index (Phi) is 8.31. The lowest BCUT2D eigenvalue weighted by molar-refractivity contribution is -0.152. The zero-order valence-corrected chi connectivity index (χ0v) is 18.6. The number of aromatic nitrogens is 4. The summed E-state index contributed by atoms with van der Waals surface area (Å²) in [5, 5.41) is 17.7. The van der Waals surface area contributed by atoms with Crippen LogP contribution in [0.4, 0.5) is 16.9 Å². The molecule has 0 aliphatic carbocycles. The number of anilines is 3. The van der Waals surface area contributed by atoms with E-state index in [-0.39, 0.29) is 16.5 Å². The summed E-state index contributed by atoms with van der Waals surface area (Å²) in [5.41, 5.74) is 16.1. The average Bonchev–Trinajstić information content (AvgIpc) is 3.43. The third kappa shape index (κ3) is 6.63. The Bertz CT molecular complexity index is 1150. The quantitative estimate of drug-likeness (QED) is 0.161. The molecule has 1 atom stereocenters. The van der Waals surface area contributed by atoms with E-state index in [1.54, 1.807) is 18.3 Å². The van der Waals surface area contributed by atoms with Crippen molar-refractivity contribution in [3.05, 3.63) is 41.8 Å². The third-order valence-electron chi connectivity index (χ3n) is 4.24. The number of carboxylic acids is 1. The minimum absolute atomic E-state index is 0.0796. The fourth-order valence-corrected chi connectivity index (χ4v) is 3.13. The molecule has 0 saturated heterocycles. The smallest absolute Gasteiger partial charge is 0.351 e. The number of thiazole rings is 1. The first-order chi connectivity index (χ1) is 16.4. The number of carbonyl (C=O) groups excluding carboxylic acids is 1. The largest absolute Gasteiger partial charge is 0.487 e. The van der Waals surface area contributed by atoms with Gasteiger partial charge in [-0.15, -0.1) is 11.3 Å². The van der Waals surface area contributed by atoms with E-state index in [1.807, 2.05) is 10.8 Å². The number of rotatable bonds is 13. The number of aliphatic carboxylic acids is 1. The predicted molar refractivity (Wildman–Crippen MR) is 124 cm³/mol. The van der Waals surface area contributed by atoms with Crippen molar-refractivity contribution in [3.63, 3.8) is 0 Å². The molecule has 0 aliphatic heterocycles. The highest BCUT2D eigenvalue weighted by atomic mass is 32.1. The number of nitrogens with two attached hydrogens (primary N) is 3. The van der Waals surface area contributed by atoms with Gasteiger partial charge in [-0.1, -0.05) is 5.16 Å². The van der Waals surface area contributed by atoms with Gasteiger partial charge in [0.1, 0.15) is 23.9 Å². The van der Waals surface area contributed by atoms with Crippen molar-refractivity contribution < 1.29 is 24.3 Å². The molecule has 0 aliphatic rings. The number of oxime groups is 1. The lowest BCUT2D eigenvalue weighted by atomic mass is 10.3. The summed E-state index contributed by atoms with van der Waals surface area (Å²) in [5.74, 6) is -0.902. The van der Waals surface area contributed by atoms with E-state index in [1.165, 1.54) is 11.6 Å². The van der Waals surface area contributed by atoms with Gasteiger partial charge in [-0.25, -0.2) is 19.7 Å². The number of carboxylic acid groups (broad SMARTS) is 1. The van der Waals surface area contributed by atoms with Crippen molar-refractivity contribution in [2.24, 2.45) is 16.6 Å². The number of primary amides is 1. The highest BCUT2D eigenvalue weighted by Crippen LogP contribution is 2.17. The number of imidazole rings is 1. The van der Waals surface area contributed by atoms with E-state index in [0.29, 0.717) is 30.6 Å². The van der Waals surface area contributed by atoms with Gasteiger partial charge in [0.05, 0.1) is 6.20 Å². The van der Waals surface area contributed by atoms with Gasteiger partial charge in [-0.05, 0) is 25.1 Å². The second-order valence-corrected chi connectivity index (χ2v) is 7.60. The zero-order valence-electron chi connectivity index (χ0n) is 17.8. The number of hydrogen-bond donors (Lipinski definition) is 5. The molecule has 3 aromatic heterocycles. The molecule has 0 bridgehead atoms. The van der Waals surface area contributed by atoms with Crippen LogP contribution in [0.3, 0.4) is 0 Å². The molecule has 1 amide bonds. The summed E-state index contributed by atoms with van der Waals surface area (Å²) in [6.45, 7) is 0.867. The van der Waals surface area contributed by atoms with E-state index in [9.17, 15) is 14.7 Å². The first-order valence-corrected chi connectivity index (χ1v) is 10.8. The van der Waals surface area contributed by atoms with Crippen LogP contribution in [0.15, 0.2) is 41.3 Å². The SMILES string of the molecule is NCCCn1ccnc1Nc1ccc(OC[C@@H](O/N=C(\C(N)=O)c2csc(N)n2)C(=O)O)cn1. The predicted octanol–water partition coefficient (Wildman–Crippen LogP) is 0.147. The van der Waals surface area contributed by atoms with Crippen molar-refractivity contribution in [1.29, 1.82) is 0 Å². The molecule has 180 valence electrons. The number of nitrogen functional groups attached to an aromatic ring is 1. The van der Waals surface area contributed by atoms with Gasteiger partial charge in [-0.2, -0.15) is 0 Å². The number of hydrogen-bond acceptors (Lipinski definition) is 12. The molecule has 0 saturated carbocycles. The van der Waals surface area contributed by atoms with Gasteiger partial charge < -0.3 is 41.8 Å². The maximum atomic E-state index is 11.6. The monoisotopic (exact) mass is 489 g/mol. The van der Waals surface area contributed by atoms with Crippen molar-refractivity contribution in [1.82, 2.24) is 19.5 Å². The number of carbonyl (C=O) groups is 2. The number of amides is 1. The Morgan fingerprint density at radius 3 is 2.76 bits per heavy atom. The second kappa shape index (κ2) is 11.6. The van der Waals surface area contributed by atoms with Crippen molar-refractivity contribution in [2.45, 2.75) is 19.1 Å². The Balaban J connectivity index is 1.59. The van der Waals surface area contributed by atoms with Crippen LogP contribution >= 0.6 is 11.3 Å². The number of ether oxygens (including phenoxy) is 1. The first-order valence-electron chi connectivity index (χ1n) is 9.92. The standard InChI is InChI=1S/C19H23N9O5S/c20-4-1-6-28-7-5-23-19(28)26-14-3-2-11(8-24-14)32-9-13(17(30)31)33-27-15(16(21)29)12-10-34-18(22)25-12/h2-3,5,7-8,10,13H,1,4,6,9,20H2,(H2,21,29)(H2,22,25)(H,30,31)(H,23,24,26)/b27-15-/t13-/m1/s1. The highest BCUT2D eigenvalue weighted by Gasteiger charge is 2.23. The molecule has 0 radical (unpaired) electrons. The Morgan fingerprint density at radius 1 is 1.32 bits per heavy atom. The van der Waals surface area contributed by atoms with Crippen LogP contribution in [0.1, 0.15) is 12.1 Å². The molecule has 14 nitrogen and oxygen atoms in total. The van der Waals surface area contributed by atoms with E-state index in [2.05, 4.69) is 25.4 Å². The van der Waals surface area contributed by atoms with E-state index in [4.69, 9.17) is 26.8 Å². The normalized spacial score (nSPS) is 12.2. The lowest BCUT2D eigenvalue weighted by Gasteiger charge is -2.13. The third-order valence-corrected chi connectivity index (χ3v) is 4.91. The second-order valence-electron chi connectivity index (χ2n) is 6.71. The number of nitrogens with one attached hydrogen (secondary N) is 1. The van der Waals surface area contributed by atoms with E-state index >= 15 is 0 Å². The van der Waals surface area contributed by atoms with Crippen LogP contribution in [0.25, 0.3) is 0 Å². The lowest BCUT2D eigenvalue weighted by Crippen LogP contribution is -2.31. The molecule has 0 spiro atoms. The van der Waals surface area contributed by atoms with E-state index < -0.39 is 24.6 Å². The summed E-state index contributed by atoms with van der Waals surface area (Å²) < 4.78 is 7.36. The Labute approximate surface area is 197 Å². The van der Waals surface area contributed by atoms with Gasteiger partial charge >= 0.3 is 5.97 Å². The fourth-order valence-electron chi connectivity index (χ4n) is 2.58. The van der Waals surface area contributed by atoms with Gasteiger partial charge in [0, 0.05) is 24.3 Å². The minimum atomic E-state index is -1.53. The topological polar surface area (TPSA) is 219 Å². The summed E-state index contributed by atoms with van der Waals surface area (Å²) in [6.07, 6.45) is 4.18. The zero-order chi connectivity index (χ0) is 24.5. The van der Waals surface area contributed by atoms with E-state index in [0.717, 1.165) is 17.8 Å². The number of nitrogens with zero attached hydrogens (tertiary/aromatic N) is 5. The summed E-state index contributed by atoms with van der Waals surface area (Å²) in [4.78, 5) is 40.5. The molecule has 34 heavy (non-hydrogen) atoms. The van der Waals surface area contributed by atoms with Crippen molar-refractivity contribution in [3.8, 4) is 5.75 Å². The molecule has 15 heteroatoms. The molecule has 0 aromatic carbocycles. The molecular formula is C19H23N9O5S. The van der Waals surface area contributed by atoms with Crippen LogP contribution in [-0.2, 0) is 21.0 Å². The molecule has 0 unspecified atom stereocenters. The Hall–Kier alpha value is -4.24. The average molecular weight is 490 g/mol. The van der Waals surface area contributed by atoms with Crippen LogP contribution < -0.4 is 27.3 Å². The van der Waals surface area contributed by atoms with Gasteiger partial charge in [0.25, 0.3) is 12.0 Å². The molecule has 0 fully saturated rings. The van der Waals surface area contributed by atoms with Crippen molar-refractivity contribution >= 4 is 45.8 Å². The summed E-state index contributed by atoms with van der Waals surface area (Å²) >= 11 is 1.06. The maximum Gasteiger partial charge on any atom is 0.351 e. The molecule has 3 rings (SSSR count). The van der Waals surface area contributed by atoms with Crippen LogP contribution in [0.2, 0.25) is 0 Å². The highest BCUT2D eigenvalue weighted by molar-refractivity contribution is 7.13. The van der Waals surface area contributed by atoms with Crippen LogP contribution in [0.5, 0.6) is 5.75 Å². The number of pyridine rings is 1. The summed E-state index contributed by atoms with van der Waals surface area (Å²) in [7, 11) is 0. The number of aryl methyl sites for hydroxylation is 1. The summed E-state index contributed by atoms with van der Waals surface area (Å²) in [6, 6.07) is 3.24.